The fraction of sp³-hybridized carbons (Fsp3) is 0.333. The van der Waals surface area contributed by atoms with Gasteiger partial charge in [0.1, 0.15) is 0 Å². The topological polar surface area (TPSA) is 39.2 Å². The number of hydrogen-bond acceptors (Lipinski definition) is 4. The zero-order chi connectivity index (χ0) is 27.5. The SMILES string of the molecule is O=C(CN1CCN(Cc2ccccc2)CC1)N1N=C2/C(=C/c3ccc(Cl)cc3)CCC[C@H]2[C@@H]1c1ccc(Cl)cc1. The Morgan fingerprint density at radius 2 is 1.50 bits per heavy atom. The number of nitrogens with zero attached hydrogens (tertiary/aromatic N) is 4. The molecule has 206 valence electrons. The van der Waals surface area contributed by atoms with Crippen LogP contribution in [0.15, 0.2) is 89.5 Å². The summed E-state index contributed by atoms with van der Waals surface area (Å²) in [5.74, 6) is 0.226. The summed E-state index contributed by atoms with van der Waals surface area (Å²) in [4.78, 5) is 18.6. The van der Waals surface area contributed by atoms with Gasteiger partial charge in [-0.25, -0.2) is 5.01 Å². The molecular formula is C33H34Cl2N4O. The van der Waals surface area contributed by atoms with E-state index in [1.165, 1.54) is 11.1 Å². The molecule has 0 spiro atoms. The number of carbonyl (C=O) groups excluding carboxylic acids is 1. The van der Waals surface area contributed by atoms with Gasteiger partial charge < -0.3 is 0 Å². The third-order valence-electron chi connectivity index (χ3n) is 8.25. The minimum atomic E-state index is -0.118. The van der Waals surface area contributed by atoms with Crippen molar-refractivity contribution in [3.63, 3.8) is 0 Å². The average Bonchev–Trinajstić information content (AvgIpc) is 3.37. The van der Waals surface area contributed by atoms with Crippen molar-refractivity contribution in [1.29, 1.82) is 0 Å². The second kappa shape index (κ2) is 12.3. The van der Waals surface area contributed by atoms with Crippen LogP contribution in [-0.2, 0) is 11.3 Å². The molecule has 0 unspecified atom stereocenters. The van der Waals surface area contributed by atoms with Gasteiger partial charge in [0.15, 0.2) is 0 Å². The molecule has 0 aromatic heterocycles. The highest BCUT2D eigenvalue weighted by Crippen LogP contribution is 2.44. The molecule has 2 aliphatic heterocycles. The molecule has 3 aliphatic rings. The molecule has 1 saturated carbocycles. The summed E-state index contributed by atoms with van der Waals surface area (Å²) in [5.41, 5.74) is 5.77. The lowest BCUT2D eigenvalue weighted by Gasteiger charge is -2.35. The summed E-state index contributed by atoms with van der Waals surface area (Å²) in [6.07, 6.45) is 5.24. The second-order valence-corrected chi connectivity index (χ2v) is 11.9. The Kier molecular flexibility index (Phi) is 8.35. The molecule has 1 aliphatic carbocycles. The zero-order valence-electron chi connectivity index (χ0n) is 22.6. The average molecular weight is 574 g/mol. The second-order valence-electron chi connectivity index (χ2n) is 11.0. The van der Waals surface area contributed by atoms with E-state index >= 15 is 0 Å². The molecule has 7 heteroatoms. The summed E-state index contributed by atoms with van der Waals surface area (Å²) < 4.78 is 0. The number of hydrazone groups is 1. The lowest BCUT2D eigenvalue weighted by Crippen LogP contribution is -2.49. The number of allylic oxidation sites excluding steroid dienone is 1. The molecule has 0 radical (unpaired) electrons. The molecule has 0 N–H and O–H groups in total. The van der Waals surface area contributed by atoms with Crippen LogP contribution in [0, 0.1) is 5.92 Å². The third-order valence-corrected chi connectivity index (χ3v) is 8.76. The fourth-order valence-electron chi connectivity index (χ4n) is 6.17. The van der Waals surface area contributed by atoms with E-state index in [9.17, 15) is 4.79 Å². The van der Waals surface area contributed by atoms with Crippen molar-refractivity contribution in [3.05, 3.63) is 111 Å². The molecule has 2 fully saturated rings. The Labute approximate surface area is 246 Å². The number of benzene rings is 3. The van der Waals surface area contributed by atoms with Crippen molar-refractivity contribution in [2.24, 2.45) is 11.0 Å². The third kappa shape index (κ3) is 6.18. The standard InChI is InChI=1S/C33H34Cl2N4O/c34-28-13-9-24(10-14-28)21-27-7-4-8-30-32(27)36-39(33(30)26-11-15-29(35)16-12-26)31(40)23-38-19-17-37(18-20-38)22-25-5-2-1-3-6-25/h1-3,5-6,9-16,21,30,33H,4,7-8,17-20,22-23H2/b27-21+/t30-,33+/m1/s1. The van der Waals surface area contributed by atoms with Gasteiger partial charge in [-0.1, -0.05) is 77.8 Å². The molecule has 5 nitrogen and oxygen atoms in total. The first kappa shape index (κ1) is 27.2. The van der Waals surface area contributed by atoms with Crippen LogP contribution in [0.5, 0.6) is 0 Å². The first-order chi connectivity index (χ1) is 19.5. The van der Waals surface area contributed by atoms with Crippen LogP contribution in [0.1, 0.15) is 42.0 Å². The minimum absolute atomic E-state index is 0.0594. The van der Waals surface area contributed by atoms with Gasteiger partial charge in [-0.3, -0.25) is 14.6 Å². The number of rotatable bonds is 6. The summed E-state index contributed by atoms with van der Waals surface area (Å²) >= 11 is 12.3. The maximum absolute atomic E-state index is 13.9. The van der Waals surface area contributed by atoms with Gasteiger partial charge in [-0.05, 0) is 71.9 Å². The predicted octanol–water partition coefficient (Wildman–Crippen LogP) is 6.93. The van der Waals surface area contributed by atoms with Crippen LogP contribution >= 0.6 is 23.2 Å². The van der Waals surface area contributed by atoms with Crippen molar-refractivity contribution >= 4 is 40.9 Å². The van der Waals surface area contributed by atoms with E-state index < -0.39 is 0 Å². The summed E-state index contributed by atoms with van der Waals surface area (Å²) in [5, 5.41) is 8.26. The number of carbonyl (C=O) groups is 1. The van der Waals surface area contributed by atoms with Crippen LogP contribution in [0.2, 0.25) is 10.0 Å². The molecule has 40 heavy (non-hydrogen) atoms. The highest BCUT2D eigenvalue weighted by Gasteiger charge is 2.44. The van der Waals surface area contributed by atoms with Crippen molar-refractivity contribution in [3.8, 4) is 0 Å². The van der Waals surface area contributed by atoms with E-state index in [0.717, 1.165) is 73.8 Å². The van der Waals surface area contributed by atoms with Crippen LogP contribution in [-0.4, -0.2) is 59.2 Å². The lowest BCUT2D eigenvalue weighted by molar-refractivity contribution is -0.135. The molecule has 0 bridgehead atoms. The Morgan fingerprint density at radius 3 is 2.20 bits per heavy atom. The largest absolute Gasteiger partial charge is 0.297 e. The van der Waals surface area contributed by atoms with E-state index in [-0.39, 0.29) is 17.9 Å². The van der Waals surface area contributed by atoms with Crippen molar-refractivity contribution in [2.45, 2.75) is 31.8 Å². The summed E-state index contributed by atoms with van der Waals surface area (Å²) in [6.45, 7) is 4.98. The van der Waals surface area contributed by atoms with E-state index in [1.54, 1.807) is 5.01 Å². The number of hydrogen-bond donors (Lipinski definition) is 0. The summed E-state index contributed by atoms with van der Waals surface area (Å²) in [7, 11) is 0. The lowest BCUT2D eigenvalue weighted by atomic mass is 9.77. The molecule has 2 atom stereocenters. The van der Waals surface area contributed by atoms with Gasteiger partial charge in [0.05, 0.1) is 18.3 Å². The van der Waals surface area contributed by atoms with Crippen LogP contribution in [0.3, 0.4) is 0 Å². The minimum Gasteiger partial charge on any atom is -0.297 e. The highest BCUT2D eigenvalue weighted by molar-refractivity contribution is 6.30. The molecular weight excluding hydrogens is 539 g/mol. The Morgan fingerprint density at radius 1 is 0.850 bits per heavy atom. The number of halogens is 2. The Bertz CT molecular complexity index is 1380. The molecule has 1 amide bonds. The van der Waals surface area contributed by atoms with Crippen molar-refractivity contribution in [2.75, 3.05) is 32.7 Å². The van der Waals surface area contributed by atoms with Gasteiger partial charge in [-0.15, -0.1) is 0 Å². The maximum Gasteiger partial charge on any atom is 0.257 e. The normalized spacial score (nSPS) is 22.8. The summed E-state index contributed by atoms with van der Waals surface area (Å²) in [6, 6.07) is 26.3. The first-order valence-corrected chi connectivity index (χ1v) is 14.9. The molecule has 2 heterocycles. The highest BCUT2D eigenvalue weighted by atomic mass is 35.5. The molecule has 3 aromatic carbocycles. The van der Waals surface area contributed by atoms with Gasteiger partial charge in [0, 0.05) is 48.7 Å². The monoisotopic (exact) mass is 572 g/mol. The van der Waals surface area contributed by atoms with Crippen LogP contribution < -0.4 is 0 Å². The maximum atomic E-state index is 13.9. The van der Waals surface area contributed by atoms with E-state index in [1.807, 2.05) is 48.5 Å². The van der Waals surface area contributed by atoms with Gasteiger partial charge in [-0.2, -0.15) is 5.10 Å². The molecule has 3 aromatic rings. The fourth-order valence-corrected chi connectivity index (χ4v) is 6.42. The van der Waals surface area contributed by atoms with E-state index in [4.69, 9.17) is 28.3 Å². The van der Waals surface area contributed by atoms with Crippen LogP contribution in [0.25, 0.3) is 6.08 Å². The van der Waals surface area contributed by atoms with Crippen molar-refractivity contribution in [1.82, 2.24) is 14.8 Å². The van der Waals surface area contributed by atoms with E-state index in [0.29, 0.717) is 11.6 Å². The number of fused-ring (bicyclic) bond motifs is 1. The quantitative estimate of drug-likeness (QED) is 0.321. The first-order valence-electron chi connectivity index (χ1n) is 14.1. The van der Waals surface area contributed by atoms with Gasteiger partial charge >= 0.3 is 0 Å². The van der Waals surface area contributed by atoms with Gasteiger partial charge in [0.2, 0.25) is 0 Å². The van der Waals surface area contributed by atoms with Crippen molar-refractivity contribution < 1.29 is 4.79 Å². The Balaban J connectivity index is 1.20. The Hall–Kier alpha value is -2.96. The zero-order valence-corrected chi connectivity index (χ0v) is 24.1. The molecule has 1 saturated heterocycles. The number of amides is 1. The smallest absolute Gasteiger partial charge is 0.257 e. The van der Waals surface area contributed by atoms with Crippen LogP contribution in [0.4, 0.5) is 0 Å². The van der Waals surface area contributed by atoms with Gasteiger partial charge in [0.25, 0.3) is 5.91 Å². The predicted molar refractivity (Wildman–Crippen MR) is 163 cm³/mol. The molecule has 6 rings (SSSR count). The number of piperazine rings is 1. The van der Waals surface area contributed by atoms with E-state index in [2.05, 4.69) is 46.2 Å².